The molecule has 0 aromatic heterocycles. The zero-order valence-electron chi connectivity index (χ0n) is 13.0. The zero-order chi connectivity index (χ0) is 15.1. The summed E-state index contributed by atoms with van der Waals surface area (Å²) in [5.74, 6) is 0.228. The highest BCUT2D eigenvalue weighted by Gasteiger charge is 2.29. The Hall–Kier alpha value is -1.39. The molecular formula is C17H26N2O2. The molecule has 1 N–H and O–H groups in total. The van der Waals surface area contributed by atoms with Gasteiger partial charge in [0.25, 0.3) is 0 Å². The first-order valence-electron chi connectivity index (χ1n) is 7.80. The Kier molecular flexibility index (Phi) is 6.21. The van der Waals surface area contributed by atoms with Crippen LogP contribution < -0.4 is 5.32 Å². The van der Waals surface area contributed by atoms with E-state index in [2.05, 4.69) is 41.4 Å². The Balaban J connectivity index is 2.07. The maximum atomic E-state index is 12.2. The van der Waals surface area contributed by atoms with E-state index in [1.165, 1.54) is 12.7 Å². The normalized spacial score (nSPS) is 19.5. The third kappa shape index (κ3) is 4.55. The van der Waals surface area contributed by atoms with Gasteiger partial charge in [0, 0.05) is 19.6 Å². The van der Waals surface area contributed by atoms with Crippen molar-refractivity contribution in [3.8, 4) is 0 Å². The average Bonchev–Trinajstić information content (AvgIpc) is 2.81. The highest BCUT2D eigenvalue weighted by Crippen LogP contribution is 2.23. The van der Waals surface area contributed by atoms with E-state index in [-0.39, 0.29) is 12.0 Å². The Bertz CT molecular complexity index is 428. The van der Waals surface area contributed by atoms with Crippen LogP contribution in [0.5, 0.6) is 0 Å². The summed E-state index contributed by atoms with van der Waals surface area (Å²) in [5, 5.41) is 3.38. The van der Waals surface area contributed by atoms with Crippen molar-refractivity contribution in [3.63, 3.8) is 0 Å². The summed E-state index contributed by atoms with van der Waals surface area (Å²) in [6, 6.07) is 10.2. The van der Waals surface area contributed by atoms with Crippen LogP contribution in [-0.4, -0.2) is 50.2 Å². The standard InChI is InChI=1S/C17H26N2O2/c1-14(15-7-4-3-5-8-15)13-16(17(20)21-2)19-11-6-9-18-10-12-19/h3-5,7-8,14,16,18H,6,9-13H2,1-2H3. The fraction of sp³-hybridized carbons (Fsp3) is 0.588. The van der Waals surface area contributed by atoms with Gasteiger partial charge < -0.3 is 10.1 Å². The Morgan fingerprint density at radius 2 is 2.05 bits per heavy atom. The van der Waals surface area contributed by atoms with Crippen LogP contribution in [0.25, 0.3) is 0 Å². The summed E-state index contributed by atoms with van der Waals surface area (Å²) in [6.45, 7) is 6.00. The molecule has 0 saturated carbocycles. The second kappa shape index (κ2) is 8.15. The Morgan fingerprint density at radius 1 is 1.29 bits per heavy atom. The van der Waals surface area contributed by atoms with Gasteiger partial charge in [-0.2, -0.15) is 0 Å². The highest BCUT2D eigenvalue weighted by molar-refractivity contribution is 5.75. The first-order valence-corrected chi connectivity index (χ1v) is 7.80. The van der Waals surface area contributed by atoms with Crippen LogP contribution >= 0.6 is 0 Å². The molecule has 21 heavy (non-hydrogen) atoms. The van der Waals surface area contributed by atoms with Gasteiger partial charge in [0.2, 0.25) is 0 Å². The molecule has 1 aliphatic rings. The number of rotatable bonds is 5. The van der Waals surface area contributed by atoms with Crippen molar-refractivity contribution in [2.75, 3.05) is 33.3 Å². The maximum absolute atomic E-state index is 12.2. The molecule has 0 bridgehead atoms. The maximum Gasteiger partial charge on any atom is 0.323 e. The second-order valence-electron chi connectivity index (χ2n) is 5.73. The summed E-state index contributed by atoms with van der Waals surface area (Å²) in [5.41, 5.74) is 1.28. The number of hydrogen-bond donors (Lipinski definition) is 1. The third-order valence-corrected chi connectivity index (χ3v) is 4.23. The lowest BCUT2D eigenvalue weighted by Gasteiger charge is -2.30. The van der Waals surface area contributed by atoms with E-state index in [0.29, 0.717) is 5.92 Å². The summed E-state index contributed by atoms with van der Waals surface area (Å²) >= 11 is 0. The van der Waals surface area contributed by atoms with Crippen LogP contribution in [-0.2, 0) is 9.53 Å². The minimum Gasteiger partial charge on any atom is -0.468 e. The number of carbonyl (C=O) groups excluding carboxylic acids is 1. The van der Waals surface area contributed by atoms with Gasteiger partial charge in [-0.05, 0) is 30.9 Å². The molecule has 1 aromatic carbocycles. The van der Waals surface area contributed by atoms with E-state index < -0.39 is 0 Å². The third-order valence-electron chi connectivity index (χ3n) is 4.23. The van der Waals surface area contributed by atoms with E-state index in [1.807, 2.05) is 6.07 Å². The van der Waals surface area contributed by atoms with E-state index in [9.17, 15) is 4.79 Å². The zero-order valence-corrected chi connectivity index (χ0v) is 13.0. The largest absolute Gasteiger partial charge is 0.468 e. The molecule has 1 heterocycles. The van der Waals surface area contributed by atoms with Crippen LogP contribution in [0.15, 0.2) is 30.3 Å². The molecule has 116 valence electrons. The number of ether oxygens (including phenoxy) is 1. The van der Waals surface area contributed by atoms with Gasteiger partial charge in [0.15, 0.2) is 0 Å². The first-order chi connectivity index (χ1) is 10.2. The van der Waals surface area contributed by atoms with Crippen molar-refractivity contribution in [2.24, 2.45) is 0 Å². The molecule has 1 aliphatic heterocycles. The molecule has 2 atom stereocenters. The van der Waals surface area contributed by atoms with Gasteiger partial charge in [-0.15, -0.1) is 0 Å². The van der Waals surface area contributed by atoms with Crippen molar-refractivity contribution in [2.45, 2.75) is 31.7 Å². The molecule has 2 unspecified atom stereocenters. The van der Waals surface area contributed by atoms with Crippen molar-refractivity contribution < 1.29 is 9.53 Å². The number of methoxy groups -OCH3 is 1. The monoisotopic (exact) mass is 290 g/mol. The van der Waals surface area contributed by atoms with Gasteiger partial charge in [-0.3, -0.25) is 9.69 Å². The number of benzene rings is 1. The van der Waals surface area contributed by atoms with Gasteiger partial charge in [-0.1, -0.05) is 37.3 Å². The fourth-order valence-corrected chi connectivity index (χ4v) is 2.96. The van der Waals surface area contributed by atoms with E-state index in [1.54, 1.807) is 0 Å². The lowest BCUT2D eigenvalue weighted by molar-refractivity contribution is -0.147. The summed E-state index contributed by atoms with van der Waals surface area (Å²) in [6.07, 6.45) is 1.88. The molecule has 1 saturated heterocycles. The predicted molar refractivity (Wildman–Crippen MR) is 84.3 cm³/mol. The quantitative estimate of drug-likeness (QED) is 0.842. The second-order valence-corrected chi connectivity index (χ2v) is 5.73. The van der Waals surface area contributed by atoms with Gasteiger partial charge in [0.05, 0.1) is 7.11 Å². The Morgan fingerprint density at radius 3 is 2.76 bits per heavy atom. The summed E-state index contributed by atoms with van der Waals surface area (Å²) in [7, 11) is 1.48. The molecule has 4 heteroatoms. The van der Waals surface area contributed by atoms with Crippen LogP contribution in [0.3, 0.4) is 0 Å². The van der Waals surface area contributed by atoms with Crippen molar-refractivity contribution in [1.82, 2.24) is 10.2 Å². The number of esters is 1. The fourth-order valence-electron chi connectivity index (χ4n) is 2.96. The topological polar surface area (TPSA) is 41.6 Å². The average molecular weight is 290 g/mol. The number of nitrogens with one attached hydrogen (secondary N) is 1. The molecule has 4 nitrogen and oxygen atoms in total. The number of hydrogen-bond acceptors (Lipinski definition) is 4. The van der Waals surface area contributed by atoms with Gasteiger partial charge >= 0.3 is 5.97 Å². The molecule has 0 amide bonds. The van der Waals surface area contributed by atoms with Crippen LogP contribution in [0, 0.1) is 0 Å². The lowest BCUT2D eigenvalue weighted by atomic mass is 9.93. The Labute approximate surface area is 127 Å². The minimum absolute atomic E-state index is 0.111. The molecule has 0 radical (unpaired) electrons. The first kappa shape index (κ1) is 16.0. The van der Waals surface area contributed by atoms with E-state index in [4.69, 9.17) is 4.74 Å². The number of nitrogens with zero attached hydrogens (tertiary/aromatic N) is 1. The van der Waals surface area contributed by atoms with Crippen LogP contribution in [0.2, 0.25) is 0 Å². The van der Waals surface area contributed by atoms with Crippen molar-refractivity contribution in [3.05, 3.63) is 35.9 Å². The highest BCUT2D eigenvalue weighted by atomic mass is 16.5. The minimum atomic E-state index is -0.148. The smallest absolute Gasteiger partial charge is 0.323 e. The SMILES string of the molecule is COC(=O)C(CC(C)c1ccccc1)N1CCCNCC1. The van der Waals surface area contributed by atoms with E-state index >= 15 is 0 Å². The van der Waals surface area contributed by atoms with Gasteiger partial charge in [-0.25, -0.2) is 0 Å². The molecule has 0 spiro atoms. The van der Waals surface area contributed by atoms with Crippen molar-refractivity contribution >= 4 is 5.97 Å². The van der Waals surface area contributed by atoms with Crippen LogP contribution in [0.4, 0.5) is 0 Å². The number of carbonyl (C=O) groups is 1. The summed E-state index contributed by atoms with van der Waals surface area (Å²) < 4.78 is 5.04. The van der Waals surface area contributed by atoms with Crippen molar-refractivity contribution in [1.29, 1.82) is 0 Å². The molecule has 1 fully saturated rings. The van der Waals surface area contributed by atoms with Gasteiger partial charge in [0.1, 0.15) is 6.04 Å². The molecule has 2 rings (SSSR count). The lowest BCUT2D eigenvalue weighted by Crippen LogP contribution is -2.44. The predicted octanol–water partition coefficient (Wildman–Crippen LogP) is 2.02. The molecular weight excluding hydrogens is 264 g/mol. The molecule has 0 aliphatic carbocycles. The summed E-state index contributed by atoms with van der Waals surface area (Å²) in [4.78, 5) is 14.5. The van der Waals surface area contributed by atoms with Crippen LogP contribution in [0.1, 0.15) is 31.2 Å². The van der Waals surface area contributed by atoms with E-state index in [0.717, 1.165) is 39.0 Å². The molecule has 1 aromatic rings.